The number of hydrogen-bond donors (Lipinski definition) is 1. The smallest absolute Gasteiger partial charge is 0.230 e. The van der Waals surface area contributed by atoms with Gasteiger partial charge in [-0.3, -0.25) is 4.79 Å². The molecule has 0 radical (unpaired) electrons. The van der Waals surface area contributed by atoms with Gasteiger partial charge < -0.3 is 10.1 Å². The van der Waals surface area contributed by atoms with Gasteiger partial charge in [0.05, 0.1) is 19.0 Å². The molecule has 0 aromatic heterocycles. The first kappa shape index (κ1) is 15.6. The van der Waals surface area contributed by atoms with Crippen molar-refractivity contribution in [3.05, 3.63) is 66.2 Å². The Balaban J connectivity index is 1.53. The number of nitrogens with one attached hydrogen (secondary N) is 1. The monoisotopic (exact) mass is 301 g/mol. The second-order valence-corrected chi connectivity index (χ2v) is 5.54. The van der Waals surface area contributed by atoms with E-state index in [-0.39, 0.29) is 5.91 Å². The van der Waals surface area contributed by atoms with Crippen molar-refractivity contribution < 1.29 is 9.53 Å². The summed E-state index contributed by atoms with van der Waals surface area (Å²) < 4.78 is 5.51. The van der Waals surface area contributed by atoms with E-state index in [0.29, 0.717) is 25.5 Å². The molecule has 1 amide bonds. The number of rotatable bonds is 8. The van der Waals surface area contributed by atoms with Gasteiger partial charge in [-0.15, -0.1) is 11.8 Å². The van der Waals surface area contributed by atoms with Gasteiger partial charge in [-0.05, 0) is 17.7 Å². The zero-order valence-electron chi connectivity index (χ0n) is 11.8. The summed E-state index contributed by atoms with van der Waals surface area (Å²) in [7, 11) is 0. The second kappa shape index (κ2) is 9.21. The number of carbonyl (C=O) groups is 1. The molecule has 0 heterocycles. The summed E-state index contributed by atoms with van der Waals surface area (Å²) in [6.45, 7) is 1.65. The Hall–Kier alpha value is -1.78. The normalized spacial score (nSPS) is 10.3. The minimum atomic E-state index is 0.0344. The molecule has 21 heavy (non-hydrogen) atoms. The Morgan fingerprint density at radius 1 is 1.00 bits per heavy atom. The second-order valence-electron chi connectivity index (χ2n) is 4.49. The molecule has 1 N–H and O–H groups in total. The molecule has 0 saturated heterocycles. The van der Waals surface area contributed by atoms with E-state index >= 15 is 0 Å². The lowest BCUT2D eigenvalue weighted by molar-refractivity contribution is -0.118. The molecular weight excluding hydrogens is 282 g/mol. The fraction of sp³-hybridized carbons (Fsp3) is 0.235. The van der Waals surface area contributed by atoms with Crippen molar-refractivity contribution in [3.8, 4) is 0 Å². The van der Waals surface area contributed by atoms with Crippen molar-refractivity contribution in [1.29, 1.82) is 0 Å². The summed E-state index contributed by atoms with van der Waals surface area (Å²) in [5, 5.41) is 2.85. The van der Waals surface area contributed by atoms with Crippen LogP contribution in [0.2, 0.25) is 0 Å². The van der Waals surface area contributed by atoms with Gasteiger partial charge in [0.25, 0.3) is 0 Å². The summed E-state index contributed by atoms with van der Waals surface area (Å²) >= 11 is 1.54. The summed E-state index contributed by atoms with van der Waals surface area (Å²) in [5.41, 5.74) is 1.14. The maximum Gasteiger partial charge on any atom is 0.230 e. The number of benzene rings is 2. The maximum absolute atomic E-state index is 11.7. The van der Waals surface area contributed by atoms with Gasteiger partial charge in [0.15, 0.2) is 0 Å². The SMILES string of the molecule is O=C(CSc1ccccc1)NCCOCc1ccccc1. The molecule has 2 aromatic carbocycles. The van der Waals surface area contributed by atoms with Crippen molar-refractivity contribution in [3.63, 3.8) is 0 Å². The van der Waals surface area contributed by atoms with Crippen LogP contribution in [0.1, 0.15) is 5.56 Å². The molecule has 110 valence electrons. The van der Waals surface area contributed by atoms with Gasteiger partial charge in [-0.25, -0.2) is 0 Å². The lowest BCUT2D eigenvalue weighted by Crippen LogP contribution is -2.28. The largest absolute Gasteiger partial charge is 0.375 e. The lowest BCUT2D eigenvalue weighted by Gasteiger charge is -2.06. The molecule has 0 bridgehead atoms. The lowest BCUT2D eigenvalue weighted by atomic mass is 10.2. The molecular formula is C17H19NO2S. The quantitative estimate of drug-likeness (QED) is 0.601. The van der Waals surface area contributed by atoms with Crippen molar-refractivity contribution in [2.75, 3.05) is 18.9 Å². The zero-order valence-corrected chi connectivity index (χ0v) is 12.6. The summed E-state index contributed by atoms with van der Waals surface area (Å²) in [6.07, 6.45) is 0. The predicted octanol–water partition coefficient (Wildman–Crippen LogP) is 3.11. The van der Waals surface area contributed by atoms with Crippen LogP contribution in [0.5, 0.6) is 0 Å². The standard InChI is InChI=1S/C17H19NO2S/c19-17(14-21-16-9-5-2-6-10-16)18-11-12-20-13-15-7-3-1-4-8-15/h1-10H,11-14H2,(H,18,19). The minimum absolute atomic E-state index is 0.0344. The van der Waals surface area contributed by atoms with Crippen LogP contribution in [-0.2, 0) is 16.1 Å². The van der Waals surface area contributed by atoms with Crippen LogP contribution in [0.15, 0.2) is 65.6 Å². The first-order valence-corrected chi connectivity index (χ1v) is 7.89. The molecule has 0 spiro atoms. The third kappa shape index (κ3) is 6.47. The van der Waals surface area contributed by atoms with Crippen LogP contribution >= 0.6 is 11.8 Å². The van der Waals surface area contributed by atoms with E-state index in [2.05, 4.69) is 5.32 Å². The van der Waals surface area contributed by atoms with Crippen molar-refractivity contribution in [2.24, 2.45) is 0 Å². The summed E-state index contributed by atoms with van der Waals surface area (Å²) in [4.78, 5) is 12.8. The molecule has 0 aliphatic rings. The topological polar surface area (TPSA) is 38.3 Å². The highest BCUT2D eigenvalue weighted by molar-refractivity contribution is 8.00. The Morgan fingerprint density at radius 2 is 1.67 bits per heavy atom. The van der Waals surface area contributed by atoms with Crippen molar-refractivity contribution >= 4 is 17.7 Å². The van der Waals surface area contributed by atoms with Crippen LogP contribution in [0.3, 0.4) is 0 Å². The molecule has 0 unspecified atom stereocenters. The third-order valence-electron chi connectivity index (χ3n) is 2.79. The maximum atomic E-state index is 11.7. The number of hydrogen-bond acceptors (Lipinski definition) is 3. The summed E-state index contributed by atoms with van der Waals surface area (Å²) in [5.74, 6) is 0.468. The number of thioether (sulfide) groups is 1. The molecule has 2 aromatic rings. The average Bonchev–Trinajstić information content (AvgIpc) is 2.54. The molecule has 0 atom stereocenters. The Labute approximate surface area is 129 Å². The van der Waals surface area contributed by atoms with Crippen LogP contribution in [0, 0.1) is 0 Å². The van der Waals surface area contributed by atoms with E-state index in [9.17, 15) is 4.79 Å². The van der Waals surface area contributed by atoms with Gasteiger partial charge in [-0.2, -0.15) is 0 Å². The van der Waals surface area contributed by atoms with Gasteiger partial charge in [0, 0.05) is 11.4 Å². The van der Waals surface area contributed by atoms with E-state index in [1.54, 1.807) is 0 Å². The highest BCUT2D eigenvalue weighted by Crippen LogP contribution is 2.15. The van der Waals surface area contributed by atoms with E-state index in [1.165, 1.54) is 11.8 Å². The van der Waals surface area contributed by atoms with Crippen LogP contribution in [0.4, 0.5) is 0 Å². The molecule has 4 heteroatoms. The highest BCUT2D eigenvalue weighted by Gasteiger charge is 2.01. The Morgan fingerprint density at radius 3 is 2.38 bits per heavy atom. The van der Waals surface area contributed by atoms with Crippen molar-refractivity contribution in [1.82, 2.24) is 5.32 Å². The predicted molar refractivity (Wildman–Crippen MR) is 86.3 cm³/mol. The van der Waals surface area contributed by atoms with E-state index in [0.717, 1.165) is 10.5 Å². The van der Waals surface area contributed by atoms with Gasteiger partial charge in [0.1, 0.15) is 0 Å². The molecule has 2 rings (SSSR count). The van der Waals surface area contributed by atoms with Crippen LogP contribution < -0.4 is 5.32 Å². The highest BCUT2D eigenvalue weighted by atomic mass is 32.2. The van der Waals surface area contributed by atoms with E-state index in [1.807, 2.05) is 60.7 Å². The zero-order chi connectivity index (χ0) is 14.8. The number of amides is 1. The molecule has 3 nitrogen and oxygen atoms in total. The molecule has 0 aliphatic heterocycles. The first-order valence-electron chi connectivity index (χ1n) is 6.91. The summed E-state index contributed by atoms with van der Waals surface area (Å²) in [6, 6.07) is 19.9. The minimum Gasteiger partial charge on any atom is -0.375 e. The number of carbonyl (C=O) groups excluding carboxylic acids is 1. The molecule has 0 aliphatic carbocycles. The average molecular weight is 301 g/mol. The third-order valence-corrected chi connectivity index (χ3v) is 3.81. The Kier molecular flexibility index (Phi) is 6.84. The van der Waals surface area contributed by atoms with Crippen LogP contribution in [0.25, 0.3) is 0 Å². The fourth-order valence-electron chi connectivity index (χ4n) is 1.74. The molecule has 0 saturated carbocycles. The molecule has 0 fully saturated rings. The van der Waals surface area contributed by atoms with Gasteiger partial charge in [0.2, 0.25) is 5.91 Å². The fourth-order valence-corrected chi connectivity index (χ4v) is 2.49. The van der Waals surface area contributed by atoms with Crippen LogP contribution in [-0.4, -0.2) is 24.8 Å². The Bertz CT molecular complexity index is 531. The van der Waals surface area contributed by atoms with E-state index in [4.69, 9.17) is 4.74 Å². The first-order chi connectivity index (χ1) is 10.3. The number of ether oxygens (including phenoxy) is 1. The van der Waals surface area contributed by atoms with E-state index < -0.39 is 0 Å². The van der Waals surface area contributed by atoms with Gasteiger partial charge >= 0.3 is 0 Å². The van der Waals surface area contributed by atoms with Gasteiger partial charge in [-0.1, -0.05) is 48.5 Å². The van der Waals surface area contributed by atoms with Crippen molar-refractivity contribution in [2.45, 2.75) is 11.5 Å².